The van der Waals surface area contributed by atoms with Gasteiger partial charge in [-0.05, 0) is 18.1 Å². The van der Waals surface area contributed by atoms with Gasteiger partial charge in [0.05, 0.1) is 24.9 Å². The van der Waals surface area contributed by atoms with E-state index in [4.69, 9.17) is 9.26 Å². The smallest absolute Gasteiger partial charge is 0.133 e. The first-order chi connectivity index (χ1) is 8.83. The van der Waals surface area contributed by atoms with Crippen molar-refractivity contribution in [3.63, 3.8) is 0 Å². The normalized spacial score (nSPS) is 18.6. The van der Waals surface area contributed by atoms with E-state index in [0.29, 0.717) is 19.8 Å². The molecule has 2 heterocycles. The summed E-state index contributed by atoms with van der Waals surface area (Å²) in [6, 6.07) is 10.6. The van der Waals surface area contributed by atoms with Crippen LogP contribution in [0.5, 0.6) is 0 Å². The minimum atomic E-state index is 0.229. The third kappa shape index (κ3) is 2.30. The van der Waals surface area contributed by atoms with Crippen LogP contribution in [-0.2, 0) is 17.9 Å². The molecule has 4 nitrogen and oxygen atoms in total. The Kier molecular flexibility index (Phi) is 3.13. The molecule has 0 amide bonds. The maximum atomic E-state index is 5.60. The summed E-state index contributed by atoms with van der Waals surface area (Å²) in [5, 5.41) is 7.44. The maximum absolute atomic E-state index is 5.60. The molecule has 0 aliphatic carbocycles. The Labute approximate surface area is 106 Å². The van der Waals surface area contributed by atoms with Gasteiger partial charge < -0.3 is 14.6 Å². The van der Waals surface area contributed by atoms with E-state index in [1.54, 1.807) is 0 Å². The molecule has 1 unspecified atom stereocenters. The van der Waals surface area contributed by atoms with Crippen LogP contribution in [0.2, 0.25) is 0 Å². The molecule has 0 saturated carbocycles. The van der Waals surface area contributed by atoms with Crippen molar-refractivity contribution in [2.75, 3.05) is 6.61 Å². The number of nitrogens with one attached hydrogen (secondary N) is 1. The fraction of sp³-hybridized carbons (Fsp3) is 0.357. The third-order valence-corrected chi connectivity index (χ3v) is 3.18. The molecular weight excluding hydrogens is 228 g/mol. The fourth-order valence-electron chi connectivity index (χ4n) is 2.28. The summed E-state index contributed by atoms with van der Waals surface area (Å²) in [4.78, 5) is 0. The zero-order valence-electron chi connectivity index (χ0n) is 10.3. The average Bonchev–Trinajstić information content (AvgIpc) is 2.82. The van der Waals surface area contributed by atoms with Gasteiger partial charge in [0.1, 0.15) is 5.76 Å². The standard InChI is InChI=1S/C14H16N2O2/c1-10-6-12(16-18-10)7-15-14-9-17-8-11-4-2-3-5-13(11)14/h2-6,14-15H,7-9H2,1H3. The largest absolute Gasteiger partial charge is 0.375 e. The number of ether oxygens (including phenoxy) is 1. The Morgan fingerprint density at radius 2 is 2.28 bits per heavy atom. The van der Waals surface area contributed by atoms with Crippen molar-refractivity contribution in [1.82, 2.24) is 10.5 Å². The Balaban J connectivity index is 1.71. The lowest BCUT2D eigenvalue weighted by Gasteiger charge is -2.26. The summed E-state index contributed by atoms with van der Waals surface area (Å²) in [6.45, 7) is 4.00. The molecule has 18 heavy (non-hydrogen) atoms. The molecule has 1 aliphatic rings. The van der Waals surface area contributed by atoms with E-state index in [9.17, 15) is 0 Å². The SMILES string of the molecule is Cc1cc(CNC2COCc3ccccc32)no1. The molecule has 1 aromatic heterocycles. The van der Waals surface area contributed by atoms with Crippen molar-refractivity contribution in [2.24, 2.45) is 0 Å². The Morgan fingerprint density at radius 1 is 1.39 bits per heavy atom. The molecule has 0 spiro atoms. The van der Waals surface area contributed by atoms with Crippen LogP contribution >= 0.6 is 0 Å². The molecule has 0 bridgehead atoms. The van der Waals surface area contributed by atoms with Crippen LogP contribution in [0, 0.1) is 6.92 Å². The molecule has 4 heteroatoms. The summed E-state index contributed by atoms with van der Waals surface area (Å²) in [5.74, 6) is 0.840. The van der Waals surface area contributed by atoms with Crippen molar-refractivity contribution in [2.45, 2.75) is 26.1 Å². The van der Waals surface area contributed by atoms with Crippen LogP contribution in [0.3, 0.4) is 0 Å². The van der Waals surface area contributed by atoms with Gasteiger partial charge in [0, 0.05) is 12.6 Å². The second-order valence-electron chi connectivity index (χ2n) is 4.58. The van der Waals surface area contributed by atoms with Gasteiger partial charge in [-0.15, -0.1) is 0 Å². The quantitative estimate of drug-likeness (QED) is 0.900. The number of aryl methyl sites for hydroxylation is 1. The lowest BCUT2D eigenvalue weighted by molar-refractivity contribution is 0.0815. The van der Waals surface area contributed by atoms with Gasteiger partial charge in [0.25, 0.3) is 0 Å². The lowest BCUT2D eigenvalue weighted by Crippen LogP contribution is -2.29. The molecule has 0 radical (unpaired) electrons. The zero-order chi connectivity index (χ0) is 12.4. The maximum Gasteiger partial charge on any atom is 0.133 e. The number of aromatic nitrogens is 1. The monoisotopic (exact) mass is 244 g/mol. The Bertz CT molecular complexity index is 536. The number of hydrogen-bond donors (Lipinski definition) is 1. The summed E-state index contributed by atoms with van der Waals surface area (Å²) < 4.78 is 10.6. The lowest BCUT2D eigenvalue weighted by atomic mass is 9.99. The topological polar surface area (TPSA) is 47.3 Å². The second-order valence-corrected chi connectivity index (χ2v) is 4.58. The highest BCUT2D eigenvalue weighted by atomic mass is 16.5. The van der Waals surface area contributed by atoms with Crippen LogP contribution in [-0.4, -0.2) is 11.8 Å². The number of hydrogen-bond acceptors (Lipinski definition) is 4. The van der Waals surface area contributed by atoms with E-state index in [1.165, 1.54) is 11.1 Å². The molecule has 94 valence electrons. The van der Waals surface area contributed by atoms with Crippen LogP contribution < -0.4 is 5.32 Å². The summed E-state index contributed by atoms with van der Waals surface area (Å²) in [7, 11) is 0. The van der Waals surface area contributed by atoms with E-state index in [1.807, 2.05) is 19.1 Å². The number of rotatable bonds is 3. The van der Waals surface area contributed by atoms with E-state index < -0.39 is 0 Å². The van der Waals surface area contributed by atoms with Crippen molar-refractivity contribution in [3.05, 3.63) is 52.9 Å². The van der Waals surface area contributed by atoms with Crippen molar-refractivity contribution >= 4 is 0 Å². The molecule has 1 aromatic carbocycles. The van der Waals surface area contributed by atoms with Crippen LogP contribution in [0.4, 0.5) is 0 Å². The third-order valence-electron chi connectivity index (χ3n) is 3.18. The van der Waals surface area contributed by atoms with Gasteiger partial charge in [-0.2, -0.15) is 0 Å². The van der Waals surface area contributed by atoms with Gasteiger partial charge in [-0.25, -0.2) is 0 Å². The zero-order valence-corrected chi connectivity index (χ0v) is 10.3. The summed E-state index contributed by atoms with van der Waals surface area (Å²) >= 11 is 0. The van der Waals surface area contributed by atoms with Gasteiger partial charge >= 0.3 is 0 Å². The van der Waals surface area contributed by atoms with E-state index in [-0.39, 0.29) is 6.04 Å². The first kappa shape index (κ1) is 11.4. The van der Waals surface area contributed by atoms with E-state index >= 15 is 0 Å². The Hall–Kier alpha value is -1.65. The highest BCUT2D eigenvalue weighted by molar-refractivity contribution is 5.31. The molecule has 3 rings (SSSR count). The first-order valence-corrected chi connectivity index (χ1v) is 6.14. The van der Waals surface area contributed by atoms with Crippen LogP contribution in [0.15, 0.2) is 34.9 Å². The molecule has 0 fully saturated rings. The van der Waals surface area contributed by atoms with Gasteiger partial charge in [-0.3, -0.25) is 0 Å². The van der Waals surface area contributed by atoms with Crippen LogP contribution in [0.25, 0.3) is 0 Å². The minimum absolute atomic E-state index is 0.229. The molecule has 2 aromatic rings. The van der Waals surface area contributed by atoms with E-state index in [2.05, 4.69) is 28.7 Å². The first-order valence-electron chi connectivity index (χ1n) is 6.14. The van der Waals surface area contributed by atoms with Crippen LogP contribution in [0.1, 0.15) is 28.6 Å². The predicted molar refractivity (Wildman–Crippen MR) is 66.9 cm³/mol. The highest BCUT2D eigenvalue weighted by Crippen LogP contribution is 2.24. The molecule has 1 aliphatic heterocycles. The average molecular weight is 244 g/mol. The predicted octanol–water partition coefficient (Wildman–Crippen LogP) is 2.34. The number of fused-ring (bicyclic) bond motifs is 1. The van der Waals surface area contributed by atoms with E-state index in [0.717, 1.165) is 11.5 Å². The minimum Gasteiger partial charge on any atom is -0.375 e. The molecular formula is C14H16N2O2. The van der Waals surface area contributed by atoms with Crippen molar-refractivity contribution in [1.29, 1.82) is 0 Å². The van der Waals surface area contributed by atoms with Crippen molar-refractivity contribution in [3.8, 4) is 0 Å². The fourth-order valence-corrected chi connectivity index (χ4v) is 2.28. The van der Waals surface area contributed by atoms with Gasteiger partial charge in [0.2, 0.25) is 0 Å². The molecule has 1 atom stereocenters. The van der Waals surface area contributed by atoms with Gasteiger partial charge in [-0.1, -0.05) is 29.4 Å². The van der Waals surface area contributed by atoms with Crippen molar-refractivity contribution < 1.29 is 9.26 Å². The molecule has 1 N–H and O–H groups in total. The summed E-state index contributed by atoms with van der Waals surface area (Å²) in [6.07, 6.45) is 0. The number of nitrogens with zero attached hydrogens (tertiary/aromatic N) is 1. The molecule has 0 saturated heterocycles. The van der Waals surface area contributed by atoms with Gasteiger partial charge in [0.15, 0.2) is 0 Å². The highest BCUT2D eigenvalue weighted by Gasteiger charge is 2.19. The summed E-state index contributed by atoms with van der Waals surface area (Å²) in [5.41, 5.74) is 3.51. The number of benzene rings is 1. The second kappa shape index (κ2) is 4.92. The Morgan fingerprint density at radius 3 is 3.11 bits per heavy atom.